The lowest BCUT2D eigenvalue weighted by molar-refractivity contribution is -0.116. The van der Waals surface area contributed by atoms with Gasteiger partial charge in [0, 0.05) is 25.2 Å². The first kappa shape index (κ1) is 22.1. The van der Waals surface area contributed by atoms with Crippen molar-refractivity contribution in [1.82, 2.24) is 20.0 Å². The van der Waals surface area contributed by atoms with E-state index in [0.29, 0.717) is 24.9 Å². The van der Waals surface area contributed by atoms with Gasteiger partial charge in [0.05, 0.1) is 25.8 Å². The van der Waals surface area contributed by atoms with Gasteiger partial charge >= 0.3 is 11.8 Å². The molecule has 9 heteroatoms. The van der Waals surface area contributed by atoms with E-state index in [-0.39, 0.29) is 17.9 Å². The molecule has 9 nitrogen and oxygen atoms in total. The summed E-state index contributed by atoms with van der Waals surface area (Å²) in [5, 5.41) is 18.4. The summed E-state index contributed by atoms with van der Waals surface area (Å²) in [5.41, 5.74) is 1.47. The molecule has 3 fully saturated rings. The van der Waals surface area contributed by atoms with Gasteiger partial charge in [-0.2, -0.15) is 0 Å². The number of β-amino-alcohol motifs (C(OH)–C–C–N with tert-alkyl or cyclic N) is 1. The van der Waals surface area contributed by atoms with Gasteiger partial charge in [0.1, 0.15) is 17.6 Å². The van der Waals surface area contributed by atoms with Crippen LogP contribution in [0.25, 0.3) is 11.5 Å². The largest absolute Gasteiger partial charge is 0.497 e. The molecule has 0 spiro atoms. The normalized spacial score (nSPS) is 19.7. The van der Waals surface area contributed by atoms with E-state index < -0.39 is 5.60 Å². The lowest BCUT2D eigenvalue weighted by atomic mass is 9.88. The van der Waals surface area contributed by atoms with Crippen LogP contribution in [-0.4, -0.2) is 76.0 Å². The van der Waals surface area contributed by atoms with Gasteiger partial charge in [0.2, 0.25) is 5.89 Å². The predicted molar refractivity (Wildman–Crippen MR) is 126 cm³/mol. The molecule has 0 radical (unpaired) electrons. The number of benzene rings is 2. The fraction of sp³-hybridized carbons (Fsp3) is 0.423. The first-order chi connectivity index (χ1) is 17.0. The first-order valence-corrected chi connectivity index (χ1v) is 12.0. The van der Waals surface area contributed by atoms with Crippen molar-refractivity contribution >= 4 is 5.91 Å². The third-order valence-corrected chi connectivity index (χ3v) is 7.04. The average molecular weight is 477 g/mol. The Morgan fingerprint density at radius 1 is 1.06 bits per heavy atom. The number of likely N-dealkylation sites (tertiary alicyclic amines) is 2. The van der Waals surface area contributed by atoms with Crippen LogP contribution in [0, 0.1) is 5.92 Å². The number of hydrogen-bond donors (Lipinski definition) is 1. The minimum absolute atomic E-state index is 0.0294. The molecule has 6 rings (SSSR count). The molecule has 182 valence electrons. The van der Waals surface area contributed by atoms with Crippen molar-refractivity contribution in [1.29, 1.82) is 0 Å². The topological polar surface area (TPSA) is 101 Å². The third kappa shape index (κ3) is 4.49. The van der Waals surface area contributed by atoms with E-state index in [2.05, 4.69) is 27.2 Å². The maximum absolute atomic E-state index is 12.7. The van der Waals surface area contributed by atoms with Crippen molar-refractivity contribution in [3.05, 3.63) is 60.0 Å². The predicted octanol–water partition coefficient (Wildman–Crippen LogP) is 2.61. The maximum atomic E-state index is 12.7. The molecule has 1 N–H and O–H groups in total. The van der Waals surface area contributed by atoms with E-state index in [9.17, 15) is 9.90 Å². The Labute approximate surface area is 203 Å². The molecule has 2 saturated heterocycles. The number of aromatic nitrogens is 2. The fourth-order valence-electron chi connectivity index (χ4n) is 4.82. The zero-order chi connectivity index (χ0) is 24.0. The maximum Gasteiger partial charge on any atom is 0.311 e. The second kappa shape index (κ2) is 8.66. The van der Waals surface area contributed by atoms with Gasteiger partial charge in [0.15, 0.2) is 0 Å². The molecule has 2 aromatic carbocycles. The van der Waals surface area contributed by atoms with Gasteiger partial charge in [-0.1, -0.05) is 12.1 Å². The highest BCUT2D eigenvalue weighted by Gasteiger charge is 2.51. The molecule has 1 aliphatic carbocycles. The van der Waals surface area contributed by atoms with Crippen LogP contribution in [0.3, 0.4) is 0 Å². The van der Waals surface area contributed by atoms with Crippen LogP contribution in [0.5, 0.6) is 11.5 Å². The zero-order valence-corrected chi connectivity index (χ0v) is 19.6. The molecule has 0 bridgehead atoms. The number of nitrogens with zero attached hydrogens (tertiary/aromatic N) is 4. The average Bonchev–Trinajstić information content (AvgIpc) is 3.58. The van der Waals surface area contributed by atoms with Crippen molar-refractivity contribution in [3.63, 3.8) is 0 Å². The number of carbonyl (C=O) groups is 1. The number of methoxy groups -OCH3 is 1. The summed E-state index contributed by atoms with van der Waals surface area (Å²) in [6.07, 6.45) is 2.26. The van der Waals surface area contributed by atoms with Gasteiger partial charge < -0.3 is 23.9 Å². The zero-order valence-electron chi connectivity index (χ0n) is 19.6. The number of amides is 1. The minimum atomic E-state index is -0.449. The van der Waals surface area contributed by atoms with E-state index in [1.165, 1.54) is 18.4 Å². The molecule has 1 amide bonds. The van der Waals surface area contributed by atoms with Gasteiger partial charge in [-0.15, -0.1) is 10.2 Å². The van der Waals surface area contributed by atoms with Crippen LogP contribution < -0.4 is 9.47 Å². The molecule has 2 aliphatic heterocycles. The van der Waals surface area contributed by atoms with Crippen molar-refractivity contribution in [3.8, 4) is 23.0 Å². The second-order valence-corrected chi connectivity index (χ2v) is 9.76. The van der Waals surface area contributed by atoms with Crippen LogP contribution >= 0.6 is 0 Å². The van der Waals surface area contributed by atoms with Crippen LogP contribution in [0.4, 0.5) is 0 Å². The Bertz CT molecular complexity index is 1190. The van der Waals surface area contributed by atoms with Crippen LogP contribution in [0.1, 0.15) is 29.1 Å². The first-order valence-electron chi connectivity index (χ1n) is 12.0. The van der Waals surface area contributed by atoms with E-state index in [4.69, 9.17) is 13.9 Å². The number of aliphatic hydroxyl groups is 1. The van der Waals surface area contributed by atoms with Gasteiger partial charge in [0.25, 0.3) is 0 Å². The molecule has 3 heterocycles. The quantitative estimate of drug-likeness (QED) is 0.530. The number of rotatable bonds is 8. The van der Waals surface area contributed by atoms with Crippen molar-refractivity contribution < 1.29 is 23.8 Å². The highest BCUT2D eigenvalue weighted by molar-refractivity contribution is 5.90. The Morgan fingerprint density at radius 2 is 1.74 bits per heavy atom. The Kier molecular flexibility index (Phi) is 5.46. The molecule has 1 aromatic heterocycles. The molecular weight excluding hydrogens is 448 g/mol. The van der Waals surface area contributed by atoms with Crippen LogP contribution in [-0.2, 0) is 6.54 Å². The molecule has 3 aromatic rings. The number of carbonyl (C=O) groups excluding carboxylic acids is 1. The van der Waals surface area contributed by atoms with E-state index in [0.717, 1.165) is 36.7 Å². The Hall–Kier alpha value is -3.43. The summed E-state index contributed by atoms with van der Waals surface area (Å²) >= 11 is 0. The van der Waals surface area contributed by atoms with E-state index in [1.807, 2.05) is 12.1 Å². The molecule has 0 atom stereocenters. The smallest absolute Gasteiger partial charge is 0.311 e. The summed E-state index contributed by atoms with van der Waals surface area (Å²) < 4.78 is 16.7. The Morgan fingerprint density at radius 3 is 2.40 bits per heavy atom. The SMILES string of the molecule is COc1ccc(-c2nnc(C(=O)N3CC(Oc4ccc(CN5CC(O)(C6CC6)C5)cc4)C3)o2)cc1. The van der Waals surface area contributed by atoms with Crippen LogP contribution in [0.2, 0.25) is 0 Å². The van der Waals surface area contributed by atoms with E-state index in [1.54, 1.807) is 36.3 Å². The number of ether oxygens (including phenoxy) is 2. The van der Waals surface area contributed by atoms with Crippen molar-refractivity contribution in [2.24, 2.45) is 5.92 Å². The molecule has 35 heavy (non-hydrogen) atoms. The van der Waals surface area contributed by atoms with Crippen molar-refractivity contribution in [2.75, 3.05) is 33.3 Å². The highest BCUT2D eigenvalue weighted by Crippen LogP contribution is 2.44. The lowest BCUT2D eigenvalue weighted by Crippen LogP contribution is -2.62. The standard InChI is InChI=1S/C26H28N4O5/c1-33-20-10-4-18(5-11-20)23-27-28-24(35-23)25(31)30-13-22(14-30)34-21-8-2-17(3-9-21)12-29-15-26(32,16-29)19-6-7-19/h2-5,8-11,19,22,32H,6-7,12-16H2,1H3. The lowest BCUT2D eigenvalue weighted by Gasteiger charge is -2.47. The second-order valence-electron chi connectivity index (χ2n) is 9.76. The van der Waals surface area contributed by atoms with Gasteiger partial charge in [-0.05, 0) is 60.7 Å². The fourth-order valence-corrected chi connectivity index (χ4v) is 4.82. The van der Waals surface area contributed by atoms with Gasteiger partial charge in [-0.25, -0.2) is 0 Å². The monoisotopic (exact) mass is 476 g/mol. The highest BCUT2D eigenvalue weighted by atomic mass is 16.5. The molecule has 0 unspecified atom stereocenters. The summed E-state index contributed by atoms with van der Waals surface area (Å²) in [4.78, 5) is 16.6. The minimum Gasteiger partial charge on any atom is -0.497 e. The number of hydrogen-bond acceptors (Lipinski definition) is 8. The molecule has 1 saturated carbocycles. The van der Waals surface area contributed by atoms with Crippen LogP contribution in [0.15, 0.2) is 52.9 Å². The summed E-state index contributed by atoms with van der Waals surface area (Å²) in [6, 6.07) is 15.2. The molecular formula is C26H28N4O5. The summed E-state index contributed by atoms with van der Waals surface area (Å²) in [5.74, 6) is 1.98. The third-order valence-electron chi connectivity index (χ3n) is 7.04. The summed E-state index contributed by atoms with van der Waals surface area (Å²) in [7, 11) is 1.60. The Balaban J connectivity index is 0.970. The summed E-state index contributed by atoms with van der Waals surface area (Å²) in [6.45, 7) is 3.30. The van der Waals surface area contributed by atoms with E-state index >= 15 is 0 Å². The van der Waals surface area contributed by atoms with Gasteiger partial charge in [-0.3, -0.25) is 9.69 Å². The molecule has 3 aliphatic rings. The van der Waals surface area contributed by atoms with Crippen molar-refractivity contribution in [2.45, 2.75) is 31.1 Å².